The van der Waals surface area contributed by atoms with Gasteiger partial charge < -0.3 is 16.0 Å². The van der Waals surface area contributed by atoms with Crippen LogP contribution in [0.15, 0.2) is 30.3 Å². The number of carbonyl (C=O) groups is 2. The quantitative estimate of drug-likeness (QED) is 0.729. The van der Waals surface area contributed by atoms with E-state index in [-0.39, 0.29) is 30.3 Å². The second-order valence-corrected chi connectivity index (χ2v) is 6.41. The predicted octanol–water partition coefficient (Wildman–Crippen LogP) is 2.48. The molecule has 0 fully saturated rings. The van der Waals surface area contributed by atoms with Crippen LogP contribution in [0.25, 0.3) is 0 Å². The van der Waals surface area contributed by atoms with Crippen LogP contribution in [0.5, 0.6) is 0 Å². The fourth-order valence-electron chi connectivity index (χ4n) is 2.69. The number of rotatable bonds is 9. The Morgan fingerprint density at radius 1 is 1.17 bits per heavy atom. The fraction of sp³-hybridized carbons (Fsp3) is 0.579. The average Bonchev–Trinajstić information content (AvgIpc) is 2.59. The zero-order chi connectivity index (χ0) is 18.1. The fourth-order valence-corrected chi connectivity index (χ4v) is 2.69. The highest BCUT2D eigenvalue weighted by Crippen LogP contribution is 2.24. The van der Waals surface area contributed by atoms with Crippen molar-refractivity contribution in [3.63, 3.8) is 0 Å². The second kappa shape index (κ2) is 10.1. The minimum atomic E-state index is -0.589. The minimum absolute atomic E-state index is 0.0113. The Bertz CT molecular complexity index is 517. The lowest BCUT2D eigenvalue weighted by atomic mass is 10.0. The number of nitrogens with one attached hydrogen (secondary N) is 1. The summed E-state index contributed by atoms with van der Waals surface area (Å²) in [5.41, 5.74) is 6.94. The van der Waals surface area contributed by atoms with E-state index in [4.69, 9.17) is 5.73 Å². The first-order valence-corrected chi connectivity index (χ1v) is 8.80. The van der Waals surface area contributed by atoms with Gasteiger partial charge in [-0.3, -0.25) is 9.59 Å². The van der Waals surface area contributed by atoms with Crippen LogP contribution >= 0.6 is 0 Å². The molecule has 5 nitrogen and oxygen atoms in total. The molecule has 0 saturated carbocycles. The van der Waals surface area contributed by atoms with Crippen molar-refractivity contribution in [3.05, 3.63) is 35.9 Å². The van der Waals surface area contributed by atoms with Crippen LogP contribution in [-0.4, -0.2) is 35.8 Å². The van der Waals surface area contributed by atoms with Crippen molar-refractivity contribution in [2.24, 2.45) is 11.7 Å². The molecule has 1 unspecified atom stereocenters. The summed E-state index contributed by atoms with van der Waals surface area (Å²) in [5.74, 6) is -0.307. The zero-order valence-electron chi connectivity index (χ0n) is 15.3. The monoisotopic (exact) mass is 333 g/mol. The Balaban J connectivity index is 2.79. The molecule has 0 spiro atoms. The summed E-state index contributed by atoms with van der Waals surface area (Å²) < 4.78 is 0. The smallest absolute Gasteiger partial charge is 0.242 e. The molecule has 5 heteroatoms. The van der Waals surface area contributed by atoms with Crippen molar-refractivity contribution in [3.8, 4) is 0 Å². The molecule has 1 aromatic carbocycles. The molecule has 134 valence electrons. The number of carbonyl (C=O) groups excluding carboxylic acids is 2. The van der Waals surface area contributed by atoms with Crippen LogP contribution in [0, 0.1) is 5.92 Å². The standard InChI is InChI=1S/C19H31N3O2/c1-5-12-22(16(6-2)15-10-8-7-9-11-15)17(23)13-21-19(24)18(20)14(3)4/h7-11,14,16,18H,5-6,12-13,20H2,1-4H3,(H,21,24)/t16?,18-/m0/s1. The van der Waals surface area contributed by atoms with Crippen LogP contribution in [0.3, 0.4) is 0 Å². The highest BCUT2D eigenvalue weighted by Gasteiger charge is 2.24. The number of hydrogen-bond donors (Lipinski definition) is 2. The largest absolute Gasteiger partial charge is 0.346 e. The summed E-state index contributed by atoms with van der Waals surface area (Å²) in [6.45, 7) is 8.54. The predicted molar refractivity (Wildman–Crippen MR) is 97.3 cm³/mol. The van der Waals surface area contributed by atoms with Gasteiger partial charge in [0.15, 0.2) is 0 Å². The third-order valence-corrected chi connectivity index (χ3v) is 4.17. The summed E-state index contributed by atoms with van der Waals surface area (Å²) in [5, 5.41) is 2.68. The Hall–Kier alpha value is -1.88. The number of nitrogens with zero attached hydrogens (tertiary/aromatic N) is 1. The number of amides is 2. The van der Waals surface area contributed by atoms with Gasteiger partial charge in [0.05, 0.1) is 18.6 Å². The van der Waals surface area contributed by atoms with Crippen molar-refractivity contribution in [1.82, 2.24) is 10.2 Å². The van der Waals surface area contributed by atoms with E-state index < -0.39 is 6.04 Å². The Kier molecular flexibility index (Phi) is 8.47. The third kappa shape index (κ3) is 5.64. The van der Waals surface area contributed by atoms with E-state index in [1.807, 2.05) is 56.0 Å². The first kappa shape index (κ1) is 20.2. The van der Waals surface area contributed by atoms with Gasteiger partial charge in [0.1, 0.15) is 0 Å². The molecule has 0 bridgehead atoms. The average molecular weight is 333 g/mol. The topological polar surface area (TPSA) is 75.4 Å². The lowest BCUT2D eigenvalue weighted by molar-refractivity contribution is -0.135. The normalized spacial score (nSPS) is 13.4. The number of nitrogens with two attached hydrogens (primary N) is 1. The molecule has 24 heavy (non-hydrogen) atoms. The van der Waals surface area contributed by atoms with E-state index in [9.17, 15) is 9.59 Å². The van der Waals surface area contributed by atoms with Crippen LogP contribution < -0.4 is 11.1 Å². The molecule has 3 N–H and O–H groups in total. The van der Waals surface area contributed by atoms with E-state index in [1.54, 1.807) is 0 Å². The van der Waals surface area contributed by atoms with E-state index in [0.717, 1.165) is 18.4 Å². The van der Waals surface area contributed by atoms with Crippen molar-refractivity contribution in [2.75, 3.05) is 13.1 Å². The summed E-state index contributed by atoms with van der Waals surface area (Å²) in [4.78, 5) is 26.5. The van der Waals surface area contributed by atoms with Crippen molar-refractivity contribution in [1.29, 1.82) is 0 Å². The molecular weight excluding hydrogens is 302 g/mol. The first-order chi connectivity index (χ1) is 11.4. The van der Waals surface area contributed by atoms with Crippen molar-refractivity contribution >= 4 is 11.8 Å². The summed E-state index contributed by atoms with van der Waals surface area (Å²) >= 11 is 0. The van der Waals surface area contributed by atoms with Gasteiger partial charge in [-0.1, -0.05) is 58.0 Å². The van der Waals surface area contributed by atoms with Crippen molar-refractivity contribution < 1.29 is 9.59 Å². The second-order valence-electron chi connectivity index (χ2n) is 6.41. The van der Waals surface area contributed by atoms with Crippen molar-refractivity contribution in [2.45, 2.75) is 52.6 Å². The lowest BCUT2D eigenvalue weighted by Crippen LogP contribution is -2.48. The van der Waals surface area contributed by atoms with Crippen LogP contribution in [0.4, 0.5) is 0 Å². The van der Waals surface area contributed by atoms with Crippen LogP contribution in [0.1, 0.15) is 52.1 Å². The maximum Gasteiger partial charge on any atom is 0.242 e. The van der Waals surface area contributed by atoms with E-state index in [1.165, 1.54) is 0 Å². The third-order valence-electron chi connectivity index (χ3n) is 4.17. The summed E-state index contributed by atoms with van der Waals surface area (Å²) in [6.07, 6.45) is 1.70. The SMILES string of the molecule is CCCN(C(=O)CNC(=O)[C@@H](N)C(C)C)C(CC)c1ccccc1. The maximum atomic E-state index is 12.7. The molecule has 0 aliphatic heterocycles. The Morgan fingerprint density at radius 3 is 2.29 bits per heavy atom. The Morgan fingerprint density at radius 2 is 1.79 bits per heavy atom. The number of hydrogen-bond acceptors (Lipinski definition) is 3. The van der Waals surface area contributed by atoms with Gasteiger partial charge in [-0.25, -0.2) is 0 Å². The highest BCUT2D eigenvalue weighted by molar-refractivity contribution is 5.87. The minimum Gasteiger partial charge on any atom is -0.346 e. The molecule has 1 rings (SSSR count). The molecule has 0 aliphatic rings. The molecule has 0 aliphatic carbocycles. The zero-order valence-corrected chi connectivity index (χ0v) is 15.3. The molecule has 0 saturated heterocycles. The molecule has 0 radical (unpaired) electrons. The molecule has 1 aromatic rings. The Labute approximate surface area is 145 Å². The van der Waals surface area contributed by atoms with E-state index >= 15 is 0 Å². The van der Waals surface area contributed by atoms with Gasteiger partial charge >= 0.3 is 0 Å². The molecule has 2 atom stereocenters. The molecular formula is C19H31N3O2. The van der Waals surface area contributed by atoms with E-state index in [0.29, 0.717) is 6.54 Å². The van der Waals surface area contributed by atoms with Gasteiger partial charge in [0, 0.05) is 6.54 Å². The number of benzene rings is 1. The molecule has 0 heterocycles. The summed E-state index contributed by atoms with van der Waals surface area (Å²) in [6, 6.07) is 9.44. The van der Waals surface area contributed by atoms with E-state index in [2.05, 4.69) is 12.2 Å². The van der Waals surface area contributed by atoms with Gasteiger partial charge in [-0.2, -0.15) is 0 Å². The van der Waals surface area contributed by atoms with Gasteiger partial charge in [-0.05, 0) is 24.3 Å². The van der Waals surface area contributed by atoms with Crippen LogP contribution in [-0.2, 0) is 9.59 Å². The van der Waals surface area contributed by atoms with Gasteiger partial charge in [0.2, 0.25) is 11.8 Å². The first-order valence-electron chi connectivity index (χ1n) is 8.80. The van der Waals surface area contributed by atoms with Crippen LogP contribution in [0.2, 0.25) is 0 Å². The molecule has 0 aromatic heterocycles. The maximum absolute atomic E-state index is 12.7. The highest BCUT2D eigenvalue weighted by atomic mass is 16.2. The molecule has 2 amide bonds. The lowest BCUT2D eigenvalue weighted by Gasteiger charge is -2.32. The van der Waals surface area contributed by atoms with Gasteiger partial charge in [-0.15, -0.1) is 0 Å². The van der Waals surface area contributed by atoms with Gasteiger partial charge in [0.25, 0.3) is 0 Å². The summed E-state index contributed by atoms with van der Waals surface area (Å²) in [7, 11) is 0.